The highest BCUT2D eigenvalue weighted by molar-refractivity contribution is 7.00. The minimum atomic E-state index is -1.40. The van der Waals surface area contributed by atoms with E-state index in [-0.39, 0.29) is 5.88 Å². The number of nitrogens with zero attached hydrogens (tertiary/aromatic N) is 3. The number of carbonyl (C=O) groups is 1. The summed E-state index contributed by atoms with van der Waals surface area (Å²) in [5.41, 5.74) is 5.72. The van der Waals surface area contributed by atoms with E-state index >= 15 is 0 Å². The predicted molar refractivity (Wildman–Crippen MR) is 150 cm³/mol. The van der Waals surface area contributed by atoms with Crippen LogP contribution >= 0.6 is 11.7 Å². The van der Waals surface area contributed by atoms with Gasteiger partial charge in [0.15, 0.2) is 0 Å². The number of aromatic nitrogens is 3. The van der Waals surface area contributed by atoms with Crippen molar-refractivity contribution in [1.82, 2.24) is 13.3 Å². The molecule has 4 aromatic carbocycles. The molecule has 194 valence electrons. The Morgan fingerprint density at radius 1 is 0.897 bits per heavy atom. The van der Waals surface area contributed by atoms with Gasteiger partial charge in [0.1, 0.15) is 29.1 Å². The van der Waals surface area contributed by atoms with E-state index in [4.69, 9.17) is 14.2 Å². The van der Waals surface area contributed by atoms with E-state index < -0.39 is 6.16 Å². The third-order valence-electron chi connectivity index (χ3n) is 6.46. The fourth-order valence-corrected chi connectivity index (χ4v) is 5.20. The molecule has 8 nitrogen and oxygen atoms in total. The second-order valence-corrected chi connectivity index (χ2v) is 9.40. The number of methoxy groups -OCH3 is 1. The molecule has 0 amide bonds. The zero-order chi connectivity index (χ0) is 26.8. The van der Waals surface area contributed by atoms with Gasteiger partial charge in [0.25, 0.3) is 0 Å². The second-order valence-electron chi connectivity index (χ2n) is 8.87. The smallest absolute Gasteiger partial charge is 0.497 e. The molecule has 0 unspecified atom stereocenters. The van der Waals surface area contributed by atoms with Gasteiger partial charge in [0.05, 0.1) is 41.8 Å². The summed E-state index contributed by atoms with van der Waals surface area (Å²) < 4.78 is 27.7. The van der Waals surface area contributed by atoms with Crippen LogP contribution in [0.5, 0.6) is 17.4 Å². The number of hydrogen-bond acceptors (Lipinski definition) is 7. The standard InChI is InChI=1S/C30H23N3O5S/c1-36-22-13-11-21(12-14-22)27-28-25(8-5-9-26(28)37-18-19-6-3-2-4-7-19)33(29(27)38-30(34)35)17-20-10-15-23-24(16-20)32-39-31-23/h2-16H,17-18H2,1H3,(H,34,35). The normalized spacial score (nSPS) is 11.1. The van der Waals surface area contributed by atoms with Crippen LogP contribution in [0, 0.1) is 0 Å². The third kappa shape index (κ3) is 4.87. The van der Waals surface area contributed by atoms with E-state index in [1.807, 2.05) is 95.6 Å². The van der Waals surface area contributed by atoms with Crippen LogP contribution in [-0.4, -0.2) is 31.7 Å². The number of ether oxygens (including phenoxy) is 3. The molecule has 6 rings (SSSR count). The van der Waals surface area contributed by atoms with Gasteiger partial charge in [-0.25, -0.2) is 4.79 Å². The molecule has 0 aliphatic heterocycles. The van der Waals surface area contributed by atoms with Crippen molar-refractivity contribution in [3.05, 3.63) is 102 Å². The van der Waals surface area contributed by atoms with E-state index in [0.717, 1.165) is 50.4 Å². The maximum absolute atomic E-state index is 12.0. The molecule has 0 aliphatic rings. The van der Waals surface area contributed by atoms with Gasteiger partial charge in [-0.3, -0.25) is 0 Å². The second kappa shape index (κ2) is 10.5. The molecule has 0 atom stereocenters. The molecule has 6 aromatic rings. The lowest BCUT2D eigenvalue weighted by Crippen LogP contribution is -2.10. The van der Waals surface area contributed by atoms with Crippen LogP contribution in [0.3, 0.4) is 0 Å². The highest BCUT2D eigenvalue weighted by Crippen LogP contribution is 2.45. The summed E-state index contributed by atoms with van der Waals surface area (Å²) in [7, 11) is 1.60. The summed E-state index contributed by atoms with van der Waals surface area (Å²) in [4.78, 5) is 12.0. The molecule has 1 N–H and O–H groups in total. The van der Waals surface area contributed by atoms with Gasteiger partial charge in [-0.15, -0.1) is 0 Å². The molecular formula is C30H23N3O5S. The molecule has 2 aromatic heterocycles. The van der Waals surface area contributed by atoms with Crippen LogP contribution in [0.1, 0.15) is 11.1 Å². The molecule has 2 heterocycles. The van der Waals surface area contributed by atoms with Crippen LogP contribution < -0.4 is 14.2 Å². The van der Waals surface area contributed by atoms with Crippen molar-refractivity contribution in [2.75, 3.05) is 7.11 Å². The summed E-state index contributed by atoms with van der Waals surface area (Å²) in [6, 6.07) is 28.9. The Balaban J connectivity index is 1.55. The molecule has 39 heavy (non-hydrogen) atoms. The van der Waals surface area contributed by atoms with E-state index in [1.165, 1.54) is 0 Å². The summed E-state index contributed by atoms with van der Waals surface area (Å²) in [6.07, 6.45) is -1.40. The van der Waals surface area contributed by atoms with Gasteiger partial charge in [0.2, 0.25) is 5.88 Å². The lowest BCUT2D eigenvalue weighted by Gasteiger charge is -2.11. The van der Waals surface area contributed by atoms with Crippen molar-refractivity contribution < 1.29 is 24.1 Å². The minimum absolute atomic E-state index is 0.204. The van der Waals surface area contributed by atoms with Crippen molar-refractivity contribution in [3.63, 3.8) is 0 Å². The van der Waals surface area contributed by atoms with Crippen molar-refractivity contribution >= 4 is 39.8 Å². The maximum atomic E-state index is 12.0. The van der Waals surface area contributed by atoms with Crippen molar-refractivity contribution in [3.8, 4) is 28.5 Å². The molecule has 0 aliphatic carbocycles. The Morgan fingerprint density at radius 3 is 2.46 bits per heavy atom. The Morgan fingerprint density at radius 2 is 1.69 bits per heavy atom. The molecule has 0 saturated heterocycles. The monoisotopic (exact) mass is 537 g/mol. The Labute approximate surface area is 228 Å². The highest BCUT2D eigenvalue weighted by atomic mass is 32.1. The summed E-state index contributed by atoms with van der Waals surface area (Å²) in [5.74, 6) is 1.51. The first kappa shape index (κ1) is 24.4. The molecular weight excluding hydrogens is 514 g/mol. The van der Waals surface area contributed by atoms with Crippen LogP contribution in [-0.2, 0) is 13.2 Å². The summed E-state index contributed by atoms with van der Waals surface area (Å²) >= 11 is 1.16. The number of fused-ring (bicyclic) bond motifs is 2. The van der Waals surface area contributed by atoms with Gasteiger partial charge >= 0.3 is 6.16 Å². The quantitative estimate of drug-likeness (QED) is 0.209. The lowest BCUT2D eigenvalue weighted by atomic mass is 10.0. The first-order valence-corrected chi connectivity index (χ1v) is 12.9. The Bertz CT molecular complexity index is 1780. The topological polar surface area (TPSA) is 95.7 Å². The Hall–Kier alpha value is -4.89. The average molecular weight is 538 g/mol. The number of rotatable bonds is 8. The number of hydrogen-bond donors (Lipinski definition) is 1. The van der Waals surface area contributed by atoms with Gasteiger partial charge in [-0.2, -0.15) is 8.75 Å². The number of carboxylic acid groups (broad SMARTS) is 1. The highest BCUT2D eigenvalue weighted by Gasteiger charge is 2.25. The fraction of sp³-hybridized carbons (Fsp3) is 0.100. The van der Waals surface area contributed by atoms with E-state index in [9.17, 15) is 9.90 Å². The van der Waals surface area contributed by atoms with Crippen molar-refractivity contribution in [2.24, 2.45) is 0 Å². The first-order chi connectivity index (χ1) is 19.1. The predicted octanol–water partition coefficient (Wildman–Crippen LogP) is 7.01. The van der Waals surface area contributed by atoms with Crippen LogP contribution in [0.15, 0.2) is 91.0 Å². The molecule has 0 spiro atoms. The Kier molecular flexibility index (Phi) is 6.56. The zero-order valence-corrected chi connectivity index (χ0v) is 21.7. The largest absolute Gasteiger partial charge is 0.512 e. The van der Waals surface area contributed by atoms with Gasteiger partial charge < -0.3 is 23.9 Å². The first-order valence-electron chi connectivity index (χ1n) is 12.2. The van der Waals surface area contributed by atoms with Gasteiger partial charge in [-0.1, -0.05) is 54.6 Å². The molecule has 0 bridgehead atoms. The van der Waals surface area contributed by atoms with Crippen molar-refractivity contribution in [1.29, 1.82) is 0 Å². The SMILES string of the molecule is COc1ccc(-c2c(OC(=O)O)n(Cc3ccc4nsnc4c3)c3cccc(OCc4ccccc4)c23)cc1. The van der Waals surface area contributed by atoms with E-state index in [1.54, 1.807) is 7.11 Å². The number of benzene rings is 4. The summed E-state index contributed by atoms with van der Waals surface area (Å²) in [5, 5.41) is 10.5. The van der Waals surface area contributed by atoms with E-state index in [0.29, 0.717) is 30.2 Å². The fourth-order valence-electron chi connectivity index (χ4n) is 4.68. The third-order valence-corrected chi connectivity index (χ3v) is 7.02. The molecule has 0 fully saturated rings. The van der Waals surface area contributed by atoms with E-state index in [2.05, 4.69) is 8.75 Å². The molecule has 0 radical (unpaired) electrons. The molecule has 9 heteroatoms. The summed E-state index contributed by atoms with van der Waals surface area (Å²) in [6.45, 7) is 0.709. The van der Waals surface area contributed by atoms with Crippen molar-refractivity contribution in [2.45, 2.75) is 13.2 Å². The lowest BCUT2D eigenvalue weighted by molar-refractivity contribution is 0.141. The van der Waals surface area contributed by atoms with Crippen LogP contribution in [0.25, 0.3) is 33.1 Å². The van der Waals surface area contributed by atoms with Crippen LogP contribution in [0.4, 0.5) is 4.79 Å². The maximum Gasteiger partial charge on any atom is 0.512 e. The molecule has 0 saturated carbocycles. The minimum Gasteiger partial charge on any atom is -0.497 e. The zero-order valence-electron chi connectivity index (χ0n) is 20.9. The van der Waals surface area contributed by atoms with Gasteiger partial charge in [-0.05, 0) is 53.1 Å². The average Bonchev–Trinajstić information content (AvgIpc) is 3.55. The van der Waals surface area contributed by atoms with Gasteiger partial charge in [0, 0.05) is 0 Å². The van der Waals surface area contributed by atoms with Crippen LogP contribution in [0.2, 0.25) is 0 Å².